The maximum Gasteiger partial charge on any atom is 0.320 e. The van der Waals surface area contributed by atoms with E-state index in [4.69, 9.17) is 27.4 Å². The number of aliphatic carboxylic acids is 2. The number of unbranched alkanes of at least 4 members (excludes halogenated alkanes) is 1. The predicted octanol–water partition coefficient (Wildman–Crippen LogP) is -0.418. The van der Waals surface area contributed by atoms with Crippen molar-refractivity contribution in [2.24, 2.45) is 23.1 Å². The van der Waals surface area contributed by atoms with E-state index in [1.165, 1.54) is 0 Å². The molecule has 0 radical (unpaired) electrons. The lowest BCUT2D eigenvalue weighted by Crippen LogP contribution is -2.34. The first-order chi connectivity index (χ1) is 8.23. The third-order valence-electron chi connectivity index (χ3n) is 2.29. The first-order valence-electron chi connectivity index (χ1n) is 5.90. The molecule has 0 saturated heterocycles. The molecule has 8 N–H and O–H groups in total. The topological polar surface area (TPSA) is 153 Å². The highest BCUT2D eigenvalue weighted by atomic mass is 16.4. The fourth-order valence-electron chi connectivity index (χ4n) is 0.917. The second kappa shape index (κ2) is 10.9. The van der Waals surface area contributed by atoms with Crippen LogP contribution in [0.3, 0.4) is 0 Å². The number of nitrogens with two attached hydrogens (primary N) is 3. The van der Waals surface area contributed by atoms with Crippen molar-refractivity contribution in [3.63, 3.8) is 0 Å². The van der Waals surface area contributed by atoms with Crippen molar-refractivity contribution in [2.45, 2.75) is 45.2 Å². The van der Waals surface area contributed by atoms with E-state index in [1.807, 2.05) is 0 Å². The van der Waals surface area contributed by atoms with Crippen molar-refractivity contribution in [3.05, 3.63) is 0 Å². The molecule has 0 bridgehead atoms. The Bertz CT molecular complexity index is 246. The van der Waals surface area contributed by atoms with E-state index in [0.717, 1.165) is 12.8 Å². The van der Waals surface area contributed by atoms with Gasteiger partial charge in [-0.1, -0.05) is 20.3 Å². The number of hydrogen-bond donors (Lipinski definition) is 5. The highest BCUT2D eigenvalue weighted by Gasteiger charge is 2.14. The summed E-state index contributed by atoms with van der Waals surface area (Å²) in [4.78, 5) is 20.2. The van der Waals surface area contributed by atoms with Crippen LogP contribution in [0.5, 0.6) is 0 Å². The van der Waals surface area contributed by atoms with Gasteiger partial charge in [-0.05, 0) is 25.3 Å². The van der Waals surface area contributed by atoms with E-state index in [9.17, 15) is 9.59 Å². The molecular weight excluding hydrogens is 238 g/mol. The Balaban J connectivity index is 0. The van der Waals surface area contributed by atoms with E-state index in [0.29, 0.717) is 13.0 Å². The zero-order chi connectivity index (χ0) is 14.7. The van der Waals surface area contributed by atoms with Gasteiger partial charge in [0.1, 0.15) is 12.1 Å². The van der Waals surface area contributed by atoms with Crippen molar-refractivity contribution in [2.75, 3.05) is 6.54 Å². The van der Waals surface area contributed by atoms with Gasteiger partial charge in [-0.2, -0.15) is 0 Å². The van der Waals surface area contributed by atoms with Crippen LogP contribution >= 0.6 is 0 Å². The molecule has 0 aromatic rings. The summed E-state index contributed by atoms with van der Waals surface area (Å²) in [6.45, 7) is 4.16. The summed E-state index contributed by atoms with van der Waals surface area (Å²) in [5, 5.41) is 16.6. The smallest absolute Gasteiger partial charge is 0.320 e. The van der Waals surface area contributed by atoms with Gasteiger partial charge in [0.25, 0.3) is 0 Å². The van der Waals surface area contributed by atoms with Crippen molar-refractivity contribution < 1.29 is 19.8 Å². The van der Waals surface area contributed by atoms with Crippen LogP contribution in [-0.2, 0) is 9.59 Å². The van der Waals surface area contributed by atoms with Crippen LogP contribution < -0.4 is 17.2 Å². The molecule has 0 spiro atoms. The zero-order valence-corrected chi connectivity index (χ0v) is 11.0. The Hall–Kier alpha value is -1.18. The summed E-state index contributed by atoms with van der Waals surface area (Å²) in [5.41, 5.74) is 15.6. The molecule has 0 saturated carbocycles. The minimum Gasteiger partial charge on any atom is -0.480 e. The van der Waals surface area contributed by atoms with Gasteiger partial charge in [0.2, 0.25) is 0 Å². The number of rotatable bonds is 7. The Morgan fingerprint density at radius 2 is 1.56 bits per heavy atom. The van der Waals surface area contributed by atoms with Gasteiger partial charge < -0.3 is 27.4 Å². The highest BCUT2D eigenvalue weighted by molar-refractivity contribution is 5.73. The fourth-order valence-corrected chi connectivity index (χ4v) is 0.917. The number of carbonyl (C=O) groups is 2. The summed E-state index contributed by atoms with van der Waals surface area (Å²) >= 11 is 0. The van der Waals surface area contributed by atoms with Gasteiger partial charge in [-0.25, -0.2) is 0 Å². The average molecular weight is 263 g/mol. The van der Waals surface area contributed by atoms with E-state index in [2.05, 4.69) is 0 Å². The van der Waals surface area contributed by atoms with Gasteiger partial charge in [-0.15, -0.1) is 0 Å². The highest BCUT2D eigenvalue weighted by Crippen LogP contribution is 1.97. The van der Waals surface area contributed by atoms with Crippen LogP contribution in [0.1, 0.15) is 33.1 Å². The summed E-state index contributed by atoms with van der Waals surface area (Å²) < 4.78 is 0. The van der Waals surface area contributed by atoms with Crippen LogP contribution in [-0.4, -0.2) is 40.8 Å². The molecule has 7 nitrogen and oxygen atoms in total. The van der Waals surface area contributed by atoms with Crippen LogP contribution in [0.2, 0.25) is 0 Å². The van der Waals surface area contributed by atoms with Crippen molar-refractivity contribution in [3.8, 4) is 0 Å². The third-order valence-corrected chi connectivity index (χ3v) is 2.29. The SMILES string of the molecule is CC(C)C(N)C(=O)O.NCCCCC(N)C(=O)O. The first-order valence-corrected chi connectivity index (χ1v) is 5.90. The summed E-state index contributed by atoms with van der Waals surface area (Å²) in [6.07, 6.45) is 2.16. The molecule has 0 aromatic heterocycles. The van der Waals surface area contributed by atoms with Crippen LogP contribution in [0.4, 0.5) is 0 Å². The zero-order valence-electron chi connectivity index (χ0n) is 11.0. The summed E-state index contributed by atoms with van der Waals surface area (Å²) in [6, 6.07) is -1.43. The number of carboxylic acid groups (broad SMARTS) is 2. The molecule has 18 heavy (non-hydrogen) atoms. The van der Waals surface area contributed by atoms with Crippen molar-refractivity contribution >= 4 is 11.9 Å². The molecular formula is C11H25N3O4. The molecule has 2 atom stereocenters. The summed E-state index contributed by atoms with van der Waals surface area (Å²) in [5.74, 6) is -1.84. The fraction of sp³-hybridized carbons (Fsp3) is 0.818. The van der Waals surface area contributed by atoms with Crippen molar-refractivity contribution in [1.29, 1.82) is 0 Å². The molecule has 0 aliphatic carbocycles. The Labute approximate surface area is 107 Å². The van der Waals surface area contributed by atoms with Crippen molar-refractivity contribution in [1.82, 2.24) is 0 Å². The lowest BCUT2D eigenvalue weighted by Gasteiger charge is -2.07. The Kier molecular flexibility index (Phi) is 11.7. The normalized spacial score (nSPS) is 13.4. The molecule has 0 amide bonds. The Morgan fingerprint density at radius 3 is 1.78 bits per heavy atom. The van der Waals surface area contributed by atoms with E-state index >= 15 is 0 Å². The molecule has 0 aromatic carbocycles. The molecule has 0 aliphatic rings. The maximum atomic E-state index is 10.1. The van der Waals surface area contributed by atoms with Gasteiger partial charge in [-0.3, -0.25) is 9.59 Å². The van der Waals surface area contributed by atoms with Crippen LogP contribution in [0.15, 0.2) is 0 Å². The largest absolute Gasteiger partial charge is 0.480 e. The summed E-state index contributed by atoms with van der Waals surface area (Å²) in [7, 11) is 0. The Morgan fingerprint density at radius 1 is 1.06 bits per heavy atom. The predicted molar refractivity (Wildman–Crippen MR) is 69.0 cm³/mol. The van der Waals surface area contributed by atoms with Gasteiger partial charge in [0.05, 0.1) is 0 Å². The van der Waals surface area contributed by atoms with Crippen LogP contribution in [0.25, 0.3) is 0 Å². The lowest BCUT2D eigenvalue weighted by molar-refractivity contribution is -0.140. The second-order valence-corrected chi connectivity index (χ2v) is 4.34. The molecule has 0 rings (SSSR count). The standard InChI is InChI=1S/C6H14N2O2.C5H11NO2/c7-4-2-1-3-5(8)6(9)10;1-3(2)4(6)5(7)8/h5H,1-4,7-8H2,(H,9,10);3-4H,6H2,1-2H3,(H,7,8). The lowest BCUT2D eigenvalue weighted by atomic mass is 10.1. The second-order valence-electron chi connectivity index (χ2n) is 4.34. The average Bonchev–Trinajstić information content (AvgIpc) is 2.28. The number of carboxylic acids is 2. The monoisotopic (exact) mass is 263 g/mol. The van der Waals surface area contributed by atoms with E-state index in [-0.39, 0.29) is 5.92 Å². The molecule has 7 heteroatoms. The van der Waals surface area contributed by atoms with Gasteiger partial charge in [0, 0.05) is 0 Å². The van der Waals surface area contributed by atoms with Crippen LogP contribution in [0, 0.1) is 5.92 Å². The first kappa shape index (κ1) is 19.2. The van der Waals surface area contributed by atoms with E-state index < -0.39 is 24.0 Å². The number of hydrogen-bond acceptors (Lipinski definition) is 5. The molecule has 108 valence electrons. The molecule has 2 unspecified atom stereocenters. The van der Waals surface area contributed by atoms with Gasteiger partial charge in [0.15, 0.2) is 0 Å². The minimum atomic E-state index is -0.933. The third kappa shape index (κ3) is 11.3. The van der Waals surface area contributed by atoms with Gasteiger partial charge >= 0.3 is 11.9 Å². The molecule has 0 fully saturated rings. The maximum absolute atomic E-state index is 10.1. The quantitative estimate of drug-likeness (QED) is 0.391. The molecule has 0 aliphatic heterocycles. The molecule has 0 heterocycles. The van der Waals surface area contributed by atoms with E-state index in [1.54, 1.807) is 13.8 Å². The minimum absolute atomic E-state index is 0.0208.